The van der Waals surface area contributed by atoms with Crippen molar-refractivity contribution in [1.82, 2.24) is 5.32 Å². The Hall–Kier alpha value is -0.890. The third kappa shape index (κ3) is 30.0. The Morgan fingerprint density at radius 3 is 1.21 bits per heavy atom. The SMILES string of the molecule is CCCCCCCCCCCCCCCCCCCCCCCCCCCC(O)C(O)C(COC1OC(CO)C(O)C(O)C1O)NC(=O)C(O)CCCCCCCCCCC. The average molecular weight is 874 g/mol. The lowest BCUT2D eigenvalue weighted by atomic mass is 9.98. The molecule has 61 heavy (non-hydrogen) atoms. The Balaban J connectivity index is 2.27. The number of carbonyl (C=O) groups is 1. The van der Waals surface area contributed by atoms with Crippen molar-refractivity contribution in [2.45, 2.75) is 300 Å². The fourth-order valence-corrected chi connectivity index (χ4v) is 8.62. The quantitative estimate of drug-likeness (QED) is 0.0274. The number of rotatable bonds is 44. The molecule has 0 aromatic carbocycles. The molecule has 11 heteroatoms. The first-order valence-corrected chi connectivity index (χ1v) is 25.9. The molecule has 8 N–H and O–H groups in total. The monoisotopic (exact) mass is 874 g/mol. The molecule has 11 nitrogen and oxygen atoms in total. The number of hydrogen-bond donors (Lipinski definition) is 8. The van der Waals surface area contributed by atoms with Crippen molar-refractivity contribution in [2.24, 2.45) is 0 Å². The highest BCUT2D eigenvalue weighted by Crippen LogP contribution is 2.23. The standard InChI is InChI=1S/C50H99NO10/c1-3-5-7-9-11-13-14-15-16-17-18-19-20-21-22-23-24-25-26-27-28-30-31-33-35-37-42(53)45(55)41(40-60-50-48(58)47(57)46(56)44(39-52)61-50)51-49(59)43(54)38-36-34-32-29-12-10-8-6-4-2/h41-48,50,52-58H,3-40H2,1-2H3,(H,51,59). The van der Waals surface area contributed by atoms with Crippen molar-refractivity contribution in [3.63, 3.8) is 0 Å². The first-order chi connectivity index (χ1) is 29.7. The van der Waals surface area contributed by atoms with Crippen molar-refractivity contribution in [3.8, 4) is 0 Å². The minimum absolute atomic E-state index is 0.264. The van der Waals surface area contributed by atoms with Gasteiger partial charge in [0.15, 0.2) is 6.29 Å². The zero-order valence-electron chi connectivity index (χ0n) is 39.4. The van der Waals surface area contributed by atoms with Gasteiger partial charge in [0.25, 0.3) is 0 Å². The molecule has 1 heterocycles. The van der Waals surface area contributed by atoms with Crippen LogP contribution in [0.25, 0.3) is 0 Å². The van der Waals surface area contributed by atoms with E-state index in [1.54, 1.807) is 0 Å². The van der Waals surface area contributed by atoms with Gasteiger partial charge in [-0.15, -0.1) is 0 Å². The van der Waals surface area contributed by atoms with Gasteiger partial charge in [-0.05, 0) is 12.8 Å². The van der Waals surface area contributed by atoms with E-state index in [2.05, 4.69) is 19.2 Å². The summed E-state index contributed by atoms with van der Waals surface area (Å²) in [6.45, 7) is 3.43. The third-order valence-electron chi connectivity index (χ3n) is 12.9. The fraction of sp³-hybridized carbons (Fsp3) is 0.980. The second-order valence-corrected chi connectivity index (χ2v) is 18.6. The van der Waals surface area contributed by atoms with E-state index < -0.39 is 74.2 Å². The highest BCUT2D eigenvalue weighted by molar-refractivity contribution is 5.80. The van der Waals surface area contributed by atoms with Gasteiger partial charge in [-0.25, -0.2) is 0 Å². The molecule has 9 unspecified atom stereocenters. The van der Waals surface area contributed by atoms with E-state index in [0.717, 1.165) is 38.5 Å². The summed E-state index contributed by atoms with van der Waals surface area (Å²) in [5, 5.41) is 75.7. The number of amides is 1. The molecule has 0 bridgehead atoms. The molecule has 364 valence electrons. The lowest BCUT2D eigenvalue weighted by Gasteiger charge is -2.40. The Morgan fingerprint density at radius 2 is 0.852 bits per heavy atom. The molecule has 0 aromatic rings. The van der Waals surface area contributed by atoms with E-state index in [4.69, 9.17) is 9.47 Å². The molecule has 9 atom stereocenters. The van der Waals surface area contributed by atoms with Gasteiger partial charge in [-0.1, -0.05) is 232 Å². The van der Waals surface area contributed by atoms with Gasteiger partial charge in [-0.3, -0.25) is 4.79 Å². The summed E-state index contributed by atoms with van der Waals surface area (Å²) in [7, 11) is 0. The topological polar surface area (TPSA) is 189 Å². The molecule has 1 aliphatic heterocycles. The maximum atomic E-state index is 13.0. The van der Waals surface area contributed by atoms with E-state index in [1.165, 1.54) is 167 Å². The number of aliphatic hydroxyl groups excluding tert-OH is 7. The van der Waals surface area contributed by atoms with Crippen LogP contribution >= 0.6 is 0 Å². The van der Waals surface area contributed by atoms with Crippen LogP contribution in [0.2, 0.25) is 0 Å². The highest BCUT2D eigenvalue weighted by Gasteiger charge is 2.44. The first kappa shape index (κ1) is 58.1. The highest BCUT2D eigenvalue weighted by atomic mass is 16.7. The minimum atomic E-state index is -1.66. The number of carbonyl (C=O) groups excluding carboxylic acids is 1. The maximum Gasteiger partial charge on any atom is 0.249 e. The van der Waals surface area contributed by atoms with Crippen LogP contribution in [0, 0.1) is 0 Å². The average Bonchev–Trinajstić information content (AvgIpc) is 3.26. The largest absolute Gasteiger partial charge is 0.394 e. The van der Waals surface area contributed by atoms with Gasteiger partial charge in [0.1, 0.15) is 36.6 Å². The zero-order chi connectivity index (χ0) is 44.8. The van der Waals surface area contributed by atoms with Crippen LogP contribution in [0.15, 0.2) is 0 Å². The van der Waals surface area contributed by atoms with Gasteiger partial charge in [-0.2, -0.15) is 0 Å². The van der Waals surface area contributed by atoms with Crippen LogP contribution in [-0.4, -0.2) is 110 Å². The summed E-state index contributed by atoms with van der Waals surface area (Å²) in [5.74, 6) is -0.696. The fourth-order valence-electron chi connectivity index (χ4n) is 8.62. The summed E-state index contributed by atoms with van der Waals surface area (Å²) in [5.41, 5.74) is 0. The summed E-state index contributed by atoms with van der Waals surface area (Å²) in [4.78, 5) is 13.0. The summed E-state index contributed by atoms with van der Waals surface area (Å²) < 4.78 is 11.1. The maximum absolute atomic E-state index is 13.0. The van der Waals surface area contributed by atoms with Gasteiger partial charge in [0, 0.05) is 0 Å². The number of aliphatic hydroxyl groups is 7. The Kier molecular flexibility index (Phi) is 38.7. The van der Waals surface area contributed by atoms with Crippen molar-refractivity contribution in [1.29, 1.82) is 0 Å². The molecule has 0 saturated carbocycles. The molecule has 1 rings (SSSR count). The van der Waals surface area contributed by atoms with E-state index >= 15 is 0 Å². The molecule has 0 radical (unpaired) electrons. The molecule has 1 aliphatic rings. The molecule has 0 spiro atoms. The van der Waals surface area contributed by atoms with Crippen molar-refractivity contribution in [3.05, 3.63) is 0 Å². The minimum Gasteiger partial charge on any atom is -0.394 e. The smallest absolute Gasteiger partial charge is 0.249 e. The molecular weight excluding hydrogens is 775 g/mol. The van der Waals surface area contributed by atoms with Crippen LogP contribution in [0.1, 0.15) is 245 Å². The van der Waals surface area contributed by atoms with E-state index in [0.29, 0.717) is 19.3 Å². The Labute approximate surface area is 373 Å². The Bertz CT molecular complexity index is 959. The molecule has 1 amide bonds. The number of hydrogen-bond acceptors (Lipinski definition) is 10. The van der Waals surface area contributed by atoms with Crippen LogP contribution in [0.5, 0.6) is 0 Å². The van der Waals surface area contributed by atoms with Crippen molar-refractivity contribution >= 4 is 5.91 Å². The van der Waals surface area contributed by atoms with Gasteiger partial charge >= 0.3 is 0 Å². The molecule has 1 fully saturated rings. The van der Waals surface area contributed by atoms with Gasteiger partial charge < -0.3 is 50.5 Å². The molecular formula is C50H99NO10. The second kappa shape index (κ2) is 40.6. The third-order valence-corrected chi connectivity index (χ3v) is 12.9. The van der Waals surface area contributed by atoms with E-state index in [1.807, 2.05) is 0 Å². The molecule has 0 aliphatic carbocycles. The lowest BCUT2D eigenvalue weighted by Crippen LogP contribution is -2.60. The predicted octanol–water partition coefficient (Wildman–Crippen LogP) is 9.45. The van der Waals surface area contributed by atoms with Crippen LogP contribution in [0.4, 0.5) is 0 Å². The first-order valence-electron chi connectivity index (χ1n) is 25.9. The normalized spacial score (nSPS) is 21.4. The van der Waals surface area contributed by atoms with E-state index in [-0.39, 0.29) is 6.42 Å². The van der Waals surface area contributed by atoms with Gasteiger partial charge in [0.2, 0.25) is 5.91 Å². The summed E-state index contributed by atoms with van der Waals surface area (Å²) in [6.07, 6.45) is 31.8. The van der Waals surface area contributed by atoms with E-state index in [9.17, 15) is 40.5 Å². The summed E-state index contributed by atoms with van der Waals surface area (Å²) in [6, 6.07) is -1.16. The number of nitrogens with one attached hydrogen (secondary N) is 1. The van der Waals surface area contributed by atoms with Crippen molar-refractivity contribution < 1.29 is 50.0 Å². The van der Waals surface area contributed by atoms with Crippen molar-refractivity contribution in [2.75, 3.05) is 13.2 Å². The molecule has 0 aromatic heterocycles. The molecule has 1 saturated heterocycles. The predicted molar refractivity (Wildman–Crippen MR) is 247 cm³/mol. The lowest BCUT2D eigenvalue weighted by molar-refractivity contribution is -0.303. The summed E-state index contributed by atoms with van der Waals surface area (Å²) >= 11 is 0. The van der Waals surface area contributed by atoms with Crippen LogP contribution < -0.4 is 5.32 Å². The van der Waals surface area contributed by atoms with Gasteiger partial charge in [0.05, 0.1) is 25.4 Å². The van der Waals surface area contributed by atoms with Crippen LogP contribution in [-0.2, 0) is 14.3 Å². The Morgan fingerprint density at radius 1 is 0.508 bits per heavy atom. The van der Waals surface area contributed by atoms with Crippen LogP contribution in [0.3, 0.4) is 0 Å². The number of ether oxygens (including phenoxy) is 2. The number of unbranched alkanes of at least 4 members (excludes halogenated alkanes) is 32. The second-order valence-electron chi connectivity index (χ2n) is 18.6. The zero-order valence-corrected chi connectivity index (χ0v) is 39.4.